The van der Waals surface area contributed by atoms with E-state index in [-0.39, 0.29) is 0 Å². The average molecular weight is 278 g/mol. The summed E-state index contributed by atoms with van der Waals surface area (Å²) in [5.41, 5.74) is 1.79. The van der Waals surface area contributed by atoms with Crippen molar-refractivity contribution < 1.29 is 5.11 Å². The van der Waals surface area contributed by atoms with E-state index in [0.717, 1.165) is 10.0 Å². The normalized spacial score (nSPS) is 12.4. The van der Waals surface area contributed by atoms with Crippen LogP contribution in [0, 0.1) is 0 Å². The van der Waals surface area contributed by atoms with Crippen molar-refractivity contribution in [3.05, 3.63) is 64.4 Å². The summed E-state index contributed by atoms with van der Waals surface area (Å²) in [6, 6.07) is 13.4. The Morgan fingerprint density at radius 3 is 2.56 bits per heavy atom. The van der Waals surface area contributed by atoms with E-state index >= 15 is 0 Å². The Kier molecular flexibility index (Phi) is 3.70. The van der Waals surface area contributed by atoms with E-state index in [4.69, 9.17) is 0 Å². The molecule has 2 nitrogen and oxygen atoms in total. The average Bonchev–Trinajstić information content (AvgIpc) is 2.33. The summed E-state index contributed by atoms with van der Waals surface area (Å²) in [7, 11) is 0. The molecular formula is C13H12BrNO. The largest absolute Gasteiger partial charge is 0.386 e. The summed E-state index contributed by atoms with van der Waals surface area (Å²) in [6.07, 6.45) is 1.71. The molecule has 0 aliphatic rings. The number of nitrogens with zero attached hydrogens (tertiary/aromatic N) is 1. The highest BCUT2D eigenvalue weighted by atomic mass is 79.9. The van der Waals surface area contributed by atoms with Crippen molar-refractivity contribution in [1.29, 1.82) is 0 Å². The van der Waals surface area contributed by atoms with Crippen LogP contribution in [0.3, 0.4) is 0 Å². The Morgan fingerprint density at radius 1 is 1.12 bits per heavy atom. The first kappa shape index (κ1) is 11.3. The monoisotopic (exact) mass is 277 g/mol. The van der Waals surface area contributed by atoms with Crippen LogP contribution in [-0.4, -0.2) is 10.1 Å². The van der Waals surface area contributed by atoms with Crippen molar-refractivity contribution >= 4 is 15.9 Å². The van der Waals surface area contributed by atoms with Gasteiger partial charge in [0, 0.05) is 17.1 Å². The zero-order chi connectivity index (χ0) is 11.4. The van der Waals surface area contributed by atoms with Crippen molar-refractivity contribution in [2.45, 2.75) is 12.5 Å². The molecule has 1 atom stereocenters. The smallest absolute Gasteiger partial charge is 0.1000 e. The predicted octanol–water partition coefficient (Wildman–Crippen LogP) is 3.12. The Bertz CT molecular complexity index is 458. The number of benzene rings is 1. The van der Waals surface area contributed by atoms with Crippen LogP contribution >= 0.6 is 15.9 Å². The maximum Gasteiger partial charge on any atom is 0.1000 e. The molecule has 1 aromatic carbocycles. The molecule has 0 saturated carbocycles. The van der Waals surface area contributed by atoms with E-state index in [2.05, 4.69) is 20.9 Å². The second-order valence-electron chi connectivity index (χ2n) is 3.57. The number of hydrogen-bond donors (Lipinski definition) is 1. The molecule has 0 fully saturated rings. The van der Waals surface area contributed by atoms with E-state index in [9.17, 15) is 5.11 Å². The molecule has 82 valence electrons. The number of halogens is 1. The van der Waals surface area contributed by atoms with Gasteiger partial charge in [-0.05, 0) is 23.8 Å². The third-order valence-electron chi connectivity index (χ3n) is 2.40. The molecule has 0 aliphatic heterocycles. The molecule has 0 spiro atoms. The number of aliphatic hydroxyl groups excluding tert-OH is 1. The molecule has 0 saturated heterocycles. The Morgan fingerprint density at radius 2 is 1.88 bits per heavy atom. The highest BCUT2D eigenvalue weighted by Crippen LogP contribution is 2.22. The summed E-state index contributed by atoms with van der Waals surface area (Å²) < 4.78 is 1.02. The number of hydrogen-bond acceptors (Lipinski definition) is 2. The van der Waals surface area contributed by atoms with Gasteiger partial charge in [-0.1, -0.05) is 40.2 Å². The number of aliphatic hydroxyl groups is 1. The molecule has 0 aliphatic carbocycles. The molecule has 0 bridgehead atoms. The van der Waals surface area contributed by atoms with Crippen LogP contribution in [0.5, 0.6) is 0 Å². The minimum absolute atomic E-state index is 0.556. The van der Waals surface area contributed by atoms with Crippen LogP contribution in [0.25, 0.3) is 0 Å². The first-order valence-corrected chi connectivity index (χ1v) is 5.89. The third kappa shape index (κ3) is 2.68. The van der Waals surface area contributed by atoms with Gasteiger partial charge in [0.05, 0.1) is 11.8 Å². The standard InChI is InChI=1S/C13H12BrNO/c14-11-6-2-1-5-10(11)9-13(16)12-7-3-4-8-15-12/h1-8,13,16H,9H2. The van der Waals surface area contributed by atoms with E-state index in [0.29, 0.717) is 12.1 Å². The van der Waals surface area contributed by atoms with Crippen molar-refractivity contribution in [2.75, 3.05) is 0 Å². The highest BCUT2D eigenvalue weighted by Gasteiger charge is 2.10. The predicted molar refractivity (Wildman–Crippen MR) is 67.0 cm³/mol. The summed E-state index contributed by atoms with van der Waals surface area (Å²) >= 11 is 3.47. The second-order valence-corrected chi connectivity index (χ2v) is 4.42. The van der Waals surface area contributed by atoms with Crippen molar-refractivity contribution in [3.8, 4) is 0 Å². The second kappa shape index (κ2) is 5.23. The summed E-state index contributed by atoms with van der Waals surface area (Å²) in [4.78, 5) is 4.14. The number of rotatable bonds is 3. The van der Waals surface area contributed by atoms with Gasteiger partial charge in [-0.25, -0.2) is 0 Å². The molecule has 1 aromatic heterocycles. The molecule has 0 amide bonds. The summed E-state index contributed by atoms with van der Waals surface area (Å²) in [6.45, 7) is 0. The molecule has 2 aromatic rings. The van der Waals surface area contributed by atoms with E-state index in [1.54, 1.807) is 6.20 Å². The molecule has 1 heterocycles. The molecule has 1 unspecified atom stereocenters. The van der Waals surface area contributed by atoms with Crippen LogP contribution in [0.4, 0.5) is 0 Å². The van der Waals surface area contributed by atoms with Gasteiger partial charge in [0.2, 0.25) is 0 Å². The lowest BCUT2D eigenvalue weighted by atomic mass is 10.1. The minimum atomic E-state index is -0.556. The highest BCUT2D eigenvalue weighted by molar-refractivity contribution is 9.10. The van der Waals surface area contributed by atoms with Crippen molar-refractivity contribution in [3.63, 3.8) is 0 Å². The Labute approximate surface area is 103 Å². The van der Waals surface area contributed by atoms with Crippen LogP contribution in [0.15, 0.2) is 53.1 Å². The fourth-order valence-electron chi connectivity index (χ4n) is 1.55. The molecule has 16 heavy (non-hydrogen) atoms. The van der Waals surface area contributed by atoms with Crippen molar-refractivity contribution in [1.82, 2.24) is 4.98 Å². The molecule has 1 N–H and O–H groups in total. The van der Waals surface area contributed by atoms with Gasteiger partial charge in [-0.3, -0.25) is 4.98 Å². The molecule has 2 rings (SSSR count). The van der Waals surface area contributed by atoms with Gasteiger partial charge in [0.15, 0.2) is 0 Å². The lowest BCUT2D eigenvalue weighted by molar-refractivity contribution is 0.173. The first-order chi connectivity index (χ1) is 7.77. The number of aromatic nitrogens is 1. The minimum Gasteiger partial charge on any atom is -0.386 e. The maximum absolute atomic E-state index is 10.0. The molecule has 0 radical (unpaired) electrons. The SMILES string of the molecule is OC(Cc1ccccc1Br)c1ccccn1. The summed E-state index contributed by atoms with van der Waals surface area (Å²) in [5.74, 6) is 0. The van der Waals surface area contributed by atoms with Gasteiger partial charge >= 0.3 is 0 Å². The van der Waals surface area contributed by atoms with E-state index < -0.39 is 6.10 Å². The topological polar surface area (TPSA) is 33.1 Å². The van der Waals surface area contributed by atoms with Crippen LogP contribution in [-0.2, 0) is 6.42 Å². The lowest BCUT2D eigenvalue weighted by Crippen LogP contribution is -2.04. The third-order valence-corrected chi connectivity index (χ3v) is 3.17. The van der Waals surface area contributed by atoms with Gasteiger partial charge < -0.3 is 5.11 Å². The van der Waals surface area contributed by atoms with E-state index in [1.165, 1.54) is 0 Å². The lowest BCUT2D eigenvalue weighted by Gasteiger charge is -2.10. The fourth-order valence-corrected chi connectivity index (χ4v) is 2.00. The van der Waals surface area contributed by atoms with Gasteiger partial charge in [-0.2, -0.15) is 0 Å². The van der Waals surface area contributed by atoms with E-state index in [1.807, 2.05) is 42.5 Å². The van der Waals surface area contributed by atoms with Crippen LogP contribution in [0.2, 0.25) is 0 Å². The zero-order valence-electron chi connectivity index (χ0n) is 8.68. The van der Waals surface area contributed by atoms with Crippen molar-refractivity contribution in [2.24, 2.45) is 0 Å². The fraction of sp³-hybridized carbons (Fsp3) is 0.154. The van der Waals surface area contributed by atoms with Crippen LogP contribution < -0.4 is 0 Å². The van der Waals surface area contributed by atoms with Gasteiger partial charge in [0.25, 0.3) is 0 Å². The van der Waals surface area contributed by atoms with Gasteiger partial charge in [-0.15, -0.1) is 0 Å². The molecular weight excluding hydrogens is 266 g/mol. The Balaban J connectivity index is 2.14. The maximum atomic E-state index is 10.0. The zero-order valence-corrected chi connectivity index (χ0v) is 10.3. The first-order valence-electron chi connectivity index (χ1n) is 5.10. The number of pyridine rings is 1. The molecule has 3 heteroatoms. The Hall–Kier alpha value is -1.19. The van der Waals surface area contributed by atoms with Gasteiger partial charge in [0.1, 0.15) is 0 Å². The summed E-state index contributed by atoms with van der Waals surface area (Å²) in [5, 5.41) is 10.0. The quantitative estimate of drug-likeness (QED) is 0.935. The van der Waals surface area contributed by atoms with Crippen LogP contribution in [0.1, 0.15) is 17.4 Å².